The first-order chi connectivity index (χ1) is 25.6. The van der Waals surface area contributed by atoms with E-state index in [4.69, 9.17) is 0 Å². The largest absolute Gasteiger partial charge is 0.435 e. The van der Waals surface area contributed by atoms with E-state index in [9.17, 15) is 39.5 Å². The van der Waals surface area contributed by atoms with Crippen molar-refractivity contribution >= 4 is 33.1 Å². The summed E-state index contributed by atoms with van der Waals surface area (Å²) >= 11 is 0. The maximum Gasteiger partial charge on any atom is 0.435 e. The quantitative estimate of drug-likeness (QED) is 0.168. The second kappa shape index (κ2) is 12.6. The Balaban J connectivity index is 0.000000620. The van der Waals surface area contributed by atoms with E-state index in [-0.39, 0.29) is 33.1 Å². The summed E-state index contributed by atoms with van der Waals surface area (Å²) in [6.45, 7) is 0. The molecule has 0 spiro atoms. The van der Waals surface area contributed by atoms with Crippen molar-refractivity contribution in [2.45, 2.75) is 18.5 Å². The fourth-order valence-corrected chi connectivity index (χ4v) is 5.94. The Hall–Kier alpha value is -6.51. The van der Waals surface area contributed by atoms with E-state index >= 15 is 0 Å². The summed E-state index contributed by atoms with van der Waals surface area (Å²) < 4.78 is 130. The van der Waals surface area contributed by atoms with E-state index in [1.165, 1.54) is 83.9 Å². The van der Waals surface area contributed by atoms with Crippen molar-refractivity contribution in [2.75, 3.05) is 0 Å². The molecule has 3 heterocycles. The topological polar surface area (TPSA) is 77.3 Å². The number of aromatic nitrogens is 6. The summed E-state index contributed by atoms with van der Waals surface area (Å²) in [5.41, 5.74) is -6.33. The molecule has 0 unspecified atom stereocenters. The van der Waals surface area contributed by atoms with Crippen molar-refractivity contribution in [2.24, 2.45) is 0 Å². The molecule has 54 heavy (non-hydrogen) atoms. The Morgan fingerprint density at radius 1 is 0.296 bits per heavy atom. The molecule has 0 radical (unpaired) electrons. The van der Waals surface area contributed by atoms with E-state index in [0.717, 1.165) is 18.2 Å². The molecule has 0 saturated heterocycles. The van der Waals surface area contributed by atoms with Gasteiger partial charge in [-0.3, -0.25) is 0 Å². The van der Waals surface area contributed by atoms with Crippen LogP contribution in [-0.2, 0) is 18.5 Å². The minimum absolute atomic E-state index is 0.0177. The van der Waals surface area contributed by atoms with Gasteiger partial charge in [-0.1, -0.05) is 66.7 Å². The molecule has 15 heteroatoms. The number of halogens is 9. The third kappa shape index (κ3) is 6.52. The second-order valence-corrected chi connectivity index (χ2v) is 12.1. The lowest BCUT2D eigenvalue weighted by Gasteiger charge is -2.19. The number of fused-ring (bicyclic) bond motifs is 4. The molecule has 0 aliphatic heterocycles. The monoisotopic (exact) mass is 742 g/mol. The highest BCUT2D eigenvalue weighted by molar-refractivity contribution is 5.91. The van der Waals surface area contributed by atoms with Crippen molar-refractivity contribution in [3.63, 3.8) is 0 Å². The van der Waals surface area contributed by atoms with E-state index < -0.39 is 69.4 Å². The van der Waals surface area contributed by atoms with E-state index in [1.54, 1.807) is 0 Å². The number of benzene rings is 5. The maximum atomic E-state index is 14.6. The van der Waals surface area contributed by atoms with Crippen molar-refractivity contribution < 1.29 is 39.5 Å². The third-order valence-electron chi connectivity index (χ3n) is 8.43. The summed E-state index contributed by atoms with van der Waals surface area (Å²) in [7, 11) is 0. The zero-order chi connectivity index (χ0) is 38.0. The lowest BCUT2D eigenvalue weighted by Crippen LogP contribution is -2.15. The van der Waals surface area contributed by atoms with Crippen LogP contribution in [-0.4, -0.2) is 29.9 Å². The van der Waals surface area contributed by atoms with Gasteiger partial charge < -0.3 is 0 Å². The molecule has 0 N–H and O–H groups in total. The molecule has 0 atom stereocenters. The number of rotatable bonds is 3. The van der Waals surface area contributed by atoms with Crippen LogP contribution in [0.15, 0.2) is 115 Å². The van der Waals surface area contributed by atoms with Crippen LogP contribution in [0.3, 0.4) is 0 Å². The van der Waals surface area contributed by atoms with Gasteiger partial charge in [-0.2, -0.15) is 39.5 Å². The highest BCUT2D eigenvalue weighted by atomic mass is 19.4. The first-order valence-corrected chi connectivity index (χ1v) is 15.9. The molecule has 0 saturated carbocycles. The molecule has 0 amide bonds. The average Bonchev–Trinajstić information content (AvgIpc) is 3.75. The predicted molar refractivity (Wildman–Crippen MR) is 182 cm³/mol. The fourth-order valence-electron chi connectivity index (χ4n) is 5.94. The first kappa shape index (κ1) is 34.6. The predicted octanol–water partition coefficient (Wildman–Crippen LogP) is 11.2. The van der Waals surface area contributed by atoms with Crippen LogP contribution in [0.25, 0.3) is 78.0 Å². The van der Waals surface area contributed by atoms with Crippen molar-refractivity contribution in [1.29, 1.82) is 0 Å². The molecule has 6 nitrogen and oxygen atoms in total. The normalized spacial score (nSPS) is 12.5. The lowest BCUT2D eigenvalue weighted by atomic mass is 9.94. The van der Waals surface area contributed by atoms with Crippen LogP contribution in [0.4, 0.5) is 39.5 Å². The molecule has 2 aliphatic rings. The van der Waals surface area contributed by atoms with E-state index in [1.807, 2.05) is 0 Å². The number of hydrogen-bond acceptors (Lipinski definition) is 6. The van der Waals surface area contributed by atoms with Crippen molar-refractivity contribution in [3.8, 4) is 44.9 Å². The van der Waals surface area contributed by atoms with Gasteiger partial charge in [0.1, 0.15) is 17.1 Å². The Morgan fingerprint density at radius 3 is 1.00 bits per heavy atom. The number of alkyl halides is 9. The van der Waals surface area contributed by atoms with Crippen LogP contribution < -0.4 is 0 Å². The van der Waals surface area contributed by atoms with Crippen molar-refractivity contribution in [1.82, 2.24) is 29.9 Å². The fraction of sp³-hybridized carbons (Fsp3) is 0.0769. The minimum atomic E-state index is -5.19. The van der Waals surface area contributed by atoms with Crippen LogP contribution in [0.2, 0.25) is 0 Å². The minimum Gasteiger partial charge on any atom is -0.244 e. The van der Waals surface area contributed by atoms with E-state index in [0.29, 0.717) is 0 Å². The van der Waals surface area contributed by atoms with Crippen LogP contribution in [0, 0.1) is 0 Å². The molecule has 4 aromatic carbocycles. The van der Waals surface area contributed by atoms with Crippen LogP contribution >= 0.6 is 0 Å². The molecule has 268 valence electrons. The third-order valence-corrected chi connectivity index (χ3v) is 8.43. The highest BCUT2D eigenvalue weighted by Gasteiger charge is 2.42. The Morgan fingerprint density at radius 2 is 0.648 bits per heavy atom. The molecule has 7 aromatic rings. The first-order valence-electron chi connectivity index (χ1n) is 15.9. The zero-order valence-corrected chi connectivity index (χ0v) is 27.1. The standard InChI is InChI=1S/C33H15F9N6.C6H4/c34-31(35,36)28-25(43-19-7-1-4-10-22(19)46-28)16-13-14-17(26-29(32(37,38)39)47-23-11-5-2-8-20(23)44-26)18(15-16)27-30(33(40,41)42)48-24-12-6-3-9-21(24)45-27;1-2-5-4-6(5)3-1/h1-15H;1-4H. The molecule has 3 aromatic heterocycles. The van der Waals surface area contributed by atoms with Gasteiger partial charge in [0.2, 0.25) is 0 Å². The Labute approximate surface area is 298 Å². The Kier molecular flexibility index (Phi) is 8.05. The summed E-state index contributed by atoms with van der Waals surface area (Å²) in [5.74, 6) is 0. The molecule has 9 rings (SSSR count). The van der Waals surface area contributed by atoms with Crippen LogP contribution in [0.5, 0.6) is 0 Å². The SMILES string of the molecule is FC(F)(F)c1nc2ccccc2nc1-c1ccc(-c2nc3ccccc3nc2C(F)(F)F)c(-c2nc3ccccc3nc2C(F)(F)F)c1.c1cc2cc-2c1. The van der Waals surface area contributed by atoms with Crippen LogP contribution in [0.1, 0.15) is 17.1 Å². The smallest absolute Gasteiger partial charge is 0.244 e. The Bertz CT molecular complexity index is 2740. The van der Waals surface area contributed by atoms with Gasteiger partial charge in [0.05, 0.1) is 33.1 Å². The second-order valence-electron chi connectivity index (χ2n) is 12.1. The van der Waals surface area contributed by atoms with E-state index in [2.05, 4.69) is 54.2 Å². The average molecular weight is 743 g/mol. The van der Waals surface area contributed by atoms with Gasteiger partial charge in [0.15, 0.2) is 17.1 Å². The van der Waals surface area contributed by atoms with Crippen molar-refractivity contribution in [3.05, 3.63) is 132 Å². The van der Waals surface area contributed by atoms with Gasteiger partial charge >= 0.3 is 18.5 Å². The maximum absolute atomic E-state index is 14.6. The lowest BCUT2D eigenvalue weighted by molar-refractivity contribution is -0.141. The number of hydrogen-bond donors (Lipinski definition) is 0. The zero-order valence-electron chi connectivity index (χ0n) is 27.1. The summed E-state index contributed by atoms with van der Waals surface area (Å²) in [6, 6.07) is 27.9. The molecule has 0 bridgehead atoms. The summed E-state index contributed by atoms with van der Waals surface area (Å²) in [4.78, 5) is 23.6. The molecule has 0 fully saturated rings. The van der Waals surface area contributed by atoms with Gasteiger partial charge in [-0.05, 0) is 59.7 Å². The van der Waals surface area contributed by atoms with Gasteiger partial charge in [-0.25, -0.2) is 29.9 Å². The van der Waals surface area contributed by atoms with Gasteiger partial charge in [0, 0.05) is 16.7 Å². The van der Waals surface area contributed by atoms with Gasteiger partial charge in [-0.15, -0.1) is 0 Å². The summed E-state index contributed by atoms with van der Waals surface area (Å²) in [6.07, 6.45) is -15.4. The highest BCUT2D eigenvalue weighted by Crippen LogP contribution is 2.45. The number of nitrogens with zero attached hydrogens (tertiary/aromatic N) is 6. The molecular weight excluding hydrogens is 723 g/mol. The molecular formula is C39H19F9N6. The summed E-state index contributed by atoms with van der Waals surface area (Å²) in [5, 5.41) is 0. The molecule has 2 aliphatic carbocycles. The van der Waals surface area contributed by atoms with Gasteiger partial charge in [0.25, 0.3) is 0 Å². The number of para-hydroxylation sites is 6.